The van der Waals surface area contributed by atoms with Gasteiger partial charge in [0, 0.05) is 24.3 Å². The molecule has 1 aliphatic heterocycles. The van der Waals surface area contributed by atoms with Gasteiger partial charge in [-0.3, -0.25) is 9.52 Å². The minimum absolute atomic E-state index is 0.0524. The van der Waals surface area contributed by atoms with E-state index in [2.05, 4.69) is 10.0 Å². The number of sulfonamides is 1. The van der Waals surface area contributed by atoms with Crippen LogP contribution in [0.15, 0.2) is 89.8 Å². The zero-order chi connectivity index (χ0) is 25.8. The molecule has 0 radical (unpaired) electrons. The van der Waals surface area contributed by atoms with Crippen molar-refractivity contribution in [2.45, 2.75) is 4.90 Å². The van der Waals surface area contributed by atoms with E-state index in [0.29, 0.717) is 54.7 Å². The number of hydrogen-bond acceptors (Lipinski definition) is 6. The minimum atomic E-state index is -4.04. The van der Waals surface area contributed by atoms with Gasteiger partial charge in [-0.15, -0.1) is 0 Å². The lowest BCUT2D eigenvalue weighted by Gasteiger charge is -2.30. The molecule has 1 fully saturated rings. The Kier molecular flexibility index (Phi) is 6.98. The third-order valence-electron chi connectivity index (χ3n) is 6.22. The molecule has 4 aromatic carbocycles. The molecule has 0 atom stereocenters. The van der Waals surface area contributed by atoms with Gasteiger partial charge in [0.1, 0.15) is 10.6 Å². The summed E-state index contributed by atoms with van der Waals surface area (Å²) in [5.74, 6) is 0.0747. The van der Waals surface area contributed by atoms with Crippen LogP contribution >= 0.6 is 0 Å². The Morgan fingerprint density at radius 3 is 2.41 bits per heavy atom. The zero-order valence-corrected chi connectivity index (χ0v) is 21.1. The van der Waals surface area contributed by atoms with E-state index in [4.69, 9.17) is 9.47 Å². The average Bonchev–Trinajstić information content (AvgIpc) is 2.93. The Morgan fingerprint density at radius 1 is 0.892 bits per heavy atom. The van der Waals surface area contributed by atoms with Gasteiger partial charge in [0.15, 0.2) is 0 Å². The lowest BCUT2D eigenvalue weighted by Crippen LogP contribution is -2.37. The van der Waals surface area contributed by atoms with Crippen LogP contribution in [0.25, 0.3) is 10.8 Å². The fourth-order valence-corrected chi connectivity index (χ4v) is 5.66. The summed E-state index contributed by atoms with van der Waals surface area (Å²) in [5, 5.41) is 4.83. The summed E-state index contributed by atoms with van der Waals surface area (Å²) in [6.45, 7) is 2.11. The van der Waals surface area contributed by atoms with Crippen LogP contribution in [0.3, 0.4) is 0 Å². The molecule has 0 saturated carbocycles. The van der Waals surface area contributed by atoms with Gasteiger partial charge in [-0.05, 0) is 53.2 Å². The predicted octanol–water partition coefficient (Wildman–Crippen LogP) is 4.74. The molecule has 37 heavy (non-hydrogen) atoms. The Labute approximate surface area is 215 Å². The van der Waals surface area contributed by atoms with Crippen LogP contribution in [0.2, 0.25) is 0 Å². The summed E-state index contributed by atoms with van der Waals surface area (Å²) in [6.07, 6.45) is 0. The lowest BCUT2D eigenvalue weighted by molar-refractivity contribution is 0.102. The molecule has 4 aromatic rings. The first-order chi connectivity index (χ1) is 17.9. The van der Waals surface area contributed by atoms with Crippen LogP contribution in [-0.2, 0) is 14.8 Å². The summed E-state index contributed by atoms with van der Waals surface area (Å²) in [6, 6.07) is 25.0. The first kappa shape index (κ1) is 24.6. The summed E-state index contributed by atoms with van der Waals surface area (Å²) in [5.41, 5.74) is 1.71. The second-order valence-electron chi connectivity index (χ2n) is 8.60. The SMILES string of the molecule is COc1ccccc1NS(=O)(=O)c1cc(NC(=O)c2ccc3ccccc3c2)ccc1N1CCOCC1. The molecule has 1 heterocycles. The van der Waals surface area contributed by atoms with Crippen LogP contribution in [0, 0.1) is 0 Å². The summed E-state index contributed by atoms with van der Waals surface area (Å²) >= 11 is 0. The molecule has 0 aliphatic carbocycles. The maximum atomic E-state index is 13.7. The van der Waals surface area contributed by atoms with Crippen LogP contribution < -0.4 is 19.7 Å². The normalized spacial score (nSPS) is 13.8. The highest BCUT2D eigenvalue weighted by Gasteiger charge is 2.25. The second-order valence-corrected chi connectivity index (χ2v) is 10.3. The summed E-state index contributed by atoms with van der Waals surface area (Å²) in [4.78, 5) is 15.1. The monoisotopic (exact) mass is 517 g/mol. The van der Waals surface area contributed by atoms with Crippen LogP contribution in [-0.4, -0.2) is 47.7 Å². The van der Waals surface area contributed by atoms with E-state index in [0.717, 1.165) is 10.8 Å². The average molecular weight is 518 g/mol. The number of fused-ring (bicyclic) bond motifs is 1. The molecule has 9 heteroatoms. The third kappa shape index (κ3) is 5.37. The highest BCUT2D eigenvalue weighted by Crippen LogP contribution is 2.33. The molecule has 190 valence electrons. The van der Waals surface area contributed by atoms with Crippen molar-refractivity contribution in [3.8, 4) is 5.75 Å². The van der Waals surface area contributed by atoms with E-state index < -0.39 is 10.0 Å². The van der Waals surface area contributed by atoms with E-state index in [-0.39, 0.29) is 10.8 Å². The fourth-order valence-electron chi connectivity index (χ4n) is 4.34. The molecule has 0 bridgehead atoms. The molecule has 1 amide bonds. The summed E-state index contributed by atoms with van der Waals surface area (Å²) in [7, 11) is -2.56. The highest BCUT2D eigenvalue weighted by atomic mass is 32.2. The highest BCUT2D eigenvalue weighted by molar-refractivity contribution is 7.93. The number of carbonyl (C=O) groups is 1. The van der Waals surface area contributed by atoms with Gasteiger partial charge in [0.25, 0.3) is 15.9 Å². The molecule has 1 aliphatic rings. The maximum absolute atomic E-state index is 13.7. The molecule has 0 spiro atoms. The number of amides is 1. The smallest absolute Gasteiger partial charge is 0.264 e. The molecule has 0 aromatic heterocycles. The number of methoxy groups -OCH3 is 1. The van der Waals surface area contributed by atoms with Crippen molar-refractivity contribution >= 4 is 43.8 Å². The van der Waals surface area contributed by atoms with Crippen molar-refractivity contribution in [1.29, 1.82) is 0 Å². The molecule has 2 N–H and O–H groups in total. The Balaban J connectivity index is 1.49. The summed E-state index contributed by atoms with van der Waals surface area (Å²) < 4.78 is 40.7. The quantitative estimate of drug-likeness (QED) is 0.368. The number of hydrogen-bond donors (Lipinski definition) is 2. The maximum Gasteiger partial charge on any atom is 0.264 e. The van der Waals surface area contributed by atoms with Gasteiger partial charge in [0.05, 0.1) is 31.7 Å². The zero-order valence-electron chi connectivity index (χ0n) is 20.3. The van der Waals surface area contributed by atoms with E-state index >= 15 is 0 Å². The molecular formula is C28H27N3O5S. The van der Waals surface area contributed by atoms with E-state index in [1.165, 1.54) is 13.2 Å². The lowest BCUT2D eigenvalue weighted by atomic mass is 10.1. The number of morpholine rings is 1. The Morgan fingerprint density at radius 2 is 1.62 bits per heavy atom. The van der Waals surface area contributed by atoms with Crippen molar-refractivity contribution in [1.82, 2.24) is 0 Å². The van der Waals surface area contributed by atoms with Gasteiger partial charge in [0.2, 0.25) is 0 Å². The Hall–Kier alpha value is -4.08. The van der Waals surface area contributed by atoms with E-state index in [1.807, 2.05) is 41.3 Å². The molecule has 1 saturated heterocycles. The van der Waals surface area contributed by atoms with Gasteiger partial charge in [-0.2, -0.15) is 0 Å². The van der Waals surface area contributed by atoms with Crippen LogP contribution in [0.4, 0.5) is 17.1 Å². The molecule has 0 unspecified atom stereocenters. The molecule has 8 nitrogen and oxygen atoms in total. The van der Waals surface area contributed by atoms with Crippen molar-refractivity contribution in [3.05, 3.63) is 90.5 Å². The van der Waals surface area contributed by atoms with E-state index in [1.54, 1.807) is 42.5 Å². The van der Waals surface area contributed by atoms with Gasteiger partial charge >= 0.3 is 0 Å². The van der Waals surface area contributed by atoms with Gasteiger partial charge in [-0.25, -0.2) is 8.42 Å². The number of anilines is 3. The second kappa shape index (κ2) is 10.5. The van der Waals surface area contributed by atoms with Crippen LogP contribution in [0.5, 0.6) is 5.75 Å². The van der Waals surface area contributed by atoms with E-state index in [9.17, 15) is 13.2 Å². The topological polar surface area (TPSA) is 97.0 Å². The van der Waals surface area contributed by atoms with Crippen LogP contribution in [0.1, 0.15) is 10.4 Å². The molecule has 5 rings (SSSR count). The first-order valence-electron chi connectivity index (χ1n) is 11.9. The predicted molar refractivity (Wildman–Crippen MR) is 145 cm³/mol. The number of para-hydroxylation sites is 2. The number of benzene rings is 4. The fraction of sp³-hybridized carbons (Fsp3) is 0.179. The number of rotatable bonds is 7. The van der Waals surface area contributed by atoms with Crippen molar-refractivity contribution < 1.29 is 22.7 Å². The standard InChI is InChI=1S/C28H27N3O5S/c1-35-26-9-5-4-8-24(26)30-37(33,34)27-19-23(12-13-25(27)31-14-16-36-17-15-31)29-28(32)22-11-10-20-6-2-3-7-21(20)18-22/h2-13,18-19,30H,14-17H2,1H3,(H,29,32). The number of carbonyl (C=O) groups excluding carboxylic acids is 1. The number of nitrogens with zero attached hydrogens (tertiary/aromatic N) is 1. The number of ether oxygens (including phenoxy) is 2. The number of nitrogens with one attached hydrogen (secondary N) is 2. The largest absolute Gasteiger partial charge is 0.495 e. The Bertz CT molecular complexity index is 1550. The van der Waals surface area contributed by atoms with Crippen molar-refractivity contribution in [2.24, 2.45) is 0 Å². The van der Waals surface area contributed by atoms with Gasteiger partial charge in [-0.1, -0.05) is 42.5 Å². The minimum Gasteiger partial charge on any atom is -0.495 e. The third-order valence-corrected chi connectivity index (χ3v) is 7.62. The molecular weight excluding hydrogens is 490 g/mol. The first-order valence-corrected chi connectivity index (χ1v) is 13.4. The van der Waals surface area contributed by atoms with Crippen molar-refractivity contribution in [2.75, 3.05) is 48.4 Å². The van der Waals surface area contributed by atoms with Crippen molar-refractivity contribution in [3.63, 3.8) is 0 Å². The van der Waals surface area contributed by atoms with Gasteiger partial charge < -0.3 is 19.7 Å².